The Labute approximate surface area is 173 Å². The molecule has 2 N–H and O–H groups in total. The van der Waals surface area contributed by atoms with Crippen LogP contribution < -0.4 is 10.6 Å². The number of hydrogen-bond acceptors (Lipinski definition) is 4. The molecule has 0 bridgehead atoms. The Bertz CT molecular complexity index is 464. The second-order valence-corrected chi connectivity index (χ2v) is 7.11. The van der Waals surface area contributed by atoms with E-state index in [0.29, 0.717) is 0 Å². The molecule has 0 amide bonds. The van der Waals surface area contributed by atoms with Crippen molar-refractivity contribution >= 4 is 41.7 Å². The lowest BCUT2D eigenvalue weighted by Gasteiger charge is -2.32. The zero-order valence-electron chi connectivity index (χ0n) is 15.5. The number of likely N-dealkylation sites (tertiary alicyclic amines) is 1. The Morgan fingerprint density at radius 2 is 2.12 bits per heavy atom. The Morgan fingerprint density at radius 1 is 1.32 bits per heavy atom. The first-order valence-corrected chi connectivity index (χ1v) is 10.5. The highest BCUT2D eigenvalue weighted by atomic mass is 127. The highest BCUT2D eigenvalue weighted by Gasteiger charge is 2.24. The Kier molecular flexibility index (Phi) is 12.4. The van der Waals surface area contributed by atoms with Crippen LogP contribution in [0.1, 0.15) is 44.4 Å². The first kappa shape index (κ1) is 22.6. The smallest absolute Gasteiger partial charge is 0.191 e. The van der Waals surface area contributed by atoms with E-state index in [1.54, 1.807) is 6.26 Å². The average Bonchev–Trinajstić information content (AvgIpc) is 3.14. The summed E-state index contributed by atoms with van der Waals surface area (Å²) in [5.41, 5.74) is 0. The van der Waals surface area contributed by atoms with Crippen LogP contribution in [-0.4, -0.2) is 55.6 Å². The lowest BCUT2D eigenvalue weighted by molar-refractivity contribution is 0.150. The maximum atomic E-state index is 5.70. The van der Waals surface area contributed by atoms with Crippen molar-refractivity contribution in [1.29, 1.82) is 0 Å². The third-order valence-corrected chi connectivity index (χ3v) is 4.98. The predicted octanol–water partition coefficient (Wildman–Crippen LogP) is 3.73. The number of aliphatic imine (C=N–C) groups is 1. The summed E-state index contributed by atoms with van der Waals surface area (Å²) in [4.78, 5) is 7.35. The highest BCUT2D eigenvalue weighted by molar-refractivity contribution is 14.0. The minimum atomic E-state index is 0. The van der Waals surface area contributed by atoms with E-state index in [9.17, 15) is 0 Å². The molecular formula is C18H33IN4OS. The quantitative estimate of drug-likeness (QED) is 0.244. The zero-order chi connectivity index (χ0) is 17.0. The molecule has 1 saturated heterocycles. The lowest BCUT2D eigenvalue weighted by Crippen LogP contribution is -2.40. The Hall–Kier alpha value is -0.410. The fraction of sp³-hybridized carbons (Fsp3) is 0.722. The van der Waals surface area contributed by atoms with Crippen LogP contribution in [-0.2, 0) is 0 Å². The number of thioether (sulfide) groups is 1. The molecule has 0 aliphatic carbocycles. The molecule has 1 unspecified atom stereocenters. The van der Waals surface area contributed by atoms with Gasteiger partial charge in [0.25, 0.3) is 0 Å². The van der Waals surface area contributed by atoms with Gasteiger partial charge in [-0.15, -0.1) is 24.0 Å². The van der Waals surface area contributed by atoms with Gasteiger partial charge in [0, 0.05) is 13.1 Å². The summed E-state index contributed by atoms with van der Waals surface area (Å²) in [5.74, 6) is 3.11. The number of halogens is 1. The zero-order valence-corrected chi connectivity index (χ0v) is 18.6. The highest BCUT2D eigenvalue weighted by Crippen LogP contribution is 2.25. The Balaban J connectivity index is 0.00000312. The topological polar surface area (TPSA) is 52.8 Å². The van der Waals surface area contributed by atoms with Gasteiger partial charge in [-0.1, -0.05) is 6.42 Å². The van der Waals surface area contributed by atoms with Crippen LogP contribution in [0.15, 0.2) is 27.8 Å². The van der Waals surface area contributed by atoms with E-state index in [2.05, 4.69) is 34.8 Å². The molecule has 7 heteroatoms. The molecule has 2 heterocycles. The van der Waals surface area contributed by atoms with E-state index in [-0.39, 0.29) is 30.0 Å². The molecule has 1 fully saturated rings. The second kappa shape index (κ2) is 13.7. The largest absolute Gasteiger partial charge is 0.468 e. The van der Waals surface area contributed by atoms with Crippen molar-refractivity contribution in [2.45, 2.75) is 38.6 Å². The van der Waals surface area contributed by atoms with Crippen molar-refractivity contribution in [3.05, 3.63) is 24.2 Å². The van der Waals surface area contributed by atoms with Gasteiger partial charge < -0.3 is 15.1 Å². The van der Waals surface area contributed by atoms with E-state index in [1.807, 2.05) is 17.8 Å². The number of guanidine groups is 1. The van der Waals surface area contributed by atoms with Gasteiger partial charge in [0.2, 0.25) is 0 Å². The molecule has 5 nitrogen and oxygen atoms in total. The summed E-state index contributed by atoms with van der Waals surface area (Å²) in [7, 11) is 0. The molecule has 2 rings (SSSR count). The van der Waals surface area contributed by atoms with Gasteiger partial charge in [-0.05, 0) is 63.4 Å². The third kappa shape index (κ3) is 8.21. The number of piperidine rings is 1. The van der Waals surface area contributed by atoms with Crippen LogP contribution in [0, 0.1) is 0 Å². The summed E-state index contributed by atoms with van der Waals surface area (Å²) < 4.78 is 5.70. The normalized spacial score (nSPS) is 17.0. The summed E-state index contributed by atoms with van der Waals surface area (Å²) in [6.07, 6.45) is 8.94. The first-order valence-electron chi connectivity index (χ1n) is 9.13. The molecule has 0 radical (unpaired) electrons. The number of furan rings is 1. The molecule has 1 atom stereocenters. The molecule has 1 aliphatic heterocycles. The molecule has 1 aliphatic rings. The Morgan fingerprint density at radius 3 is 2.76 bits per heavy atom. The van der Waals surface area contributed by atoms with Crippen molar-refractivity contribution in [2.75, 3.05) is 44.7 Å². The van der Waals surface area contributed by atoms with E-state index < -0.39 is 0 Å². The van der Waals surface area contributed by atoms with Crippen LogP contribution in [0.25, 0.3) is 0 Å². The molecular weight excluding hydrogens is 447 g/mol. The molecule has 1 aromatic rings. The fourth-order valence-corrected chi connectivity index (χ4v) is 3.47. The van der Waals surface area contributed by atoms with E-state index in [4.69, 9.17) is 9.41 Å². The van der Waals surface area contributed by atoms with Crippen LogP contribution in [0.2, 0.25) is 0 Å². The van der Waals surface area contributed by atoms with Gasteiger partial charge in [0.15, 0.2) is 5.96 Å². The number of hydrogen-bond donors (Lipinski definition) is 2. The number of nitrogens with zero attached hydrogens (tertiary/aromatic N) is 2. The molecule has 1 aromatic heterocycles. The predicted molar refractivity (Wildman–Crippen MR) is 119 cm³/mol. The summed E-state index contributed by atoms with van der Waals surface area (Å²) in [6, 6.07) is 4.29. The maximum absolute atomic E-state index is 5.70. The third-order valence-electron chi connectivity index (χ3n) is 4.29. The van der Waals surface area contributed by atoms with Gasteiger partial charge in [-0.3, -0.25) is 9.89 Å². The molecule has 0 saturated carbocycles. The van der Waals surface area contributed by atoms with Crippen LogP contribution in [0.5, 0.6) is 0 Å². The first-order chi connectivity index (χ1) is 11.8. The van der Waals surface area contributed by atoms with E-state index in [0.717, 1.165) is 50.9 Å². The van der Waals surface area contributed by atoms with Gasteiger partial charge in [-0.25, -0.2) is 0 Å². The van der Waals surface area contributed by atoms with Crippen LogP contribution in [0.4, 0.5) is 0 Å². The minimum absolute atomic E-state index is 0. The number of nitrogens with one attached hydrogen (secondary N) is 2. The van der Waals surface area contributed by atoms with Gasteiger partial charge in [0.1, 0.15) is 5.76 Å². The SMILES string of the molecule is CCNC(=NCC(c1ccco1)N1CCCCC1)NCCCSC.I. The fourth-order valence-electron chi connectivity index (χ4n) is 3.04. The maximum Gasteiger partial charge on any atom is 0.191 e. The second-order valence-electron chi connectivity index (χ2n) is 6.12. The standard InChI is InChI=1S/C18H32N4OS.HI/c1-3-19-18(20-10-8-14-24-2)21-15-16(17-9-7-13-23-17)22-11-5-4-6-12-22;/h7,9,13,16H,3-6,8,10-12,14-15H2,1-2H3,(H2,19,20,21);1H. The number of rotatable bonds is 9. The lowest BCUT2D eigenvalue weighted by atomic mass is 10.1. The van der Waals surface area contributed by atoms with Gasteiger partial charge >= 0.3 is 0 Å². The van der Waals surface area contributed by atoms with E-state index >= 15 is 0 Å². The van der Waals surface area contributed by atoms with E-state index in [1.165, 1.54) is 25.0 Å². The van der Waals surface area contributed by atoms with Crippen molar-refractivity contribution in [3.8, 4) is 0 Å². The van der Waals surface area contributed by atoms with Crippen molar-refractivity contribution in [1.82, 2.24) is 15.5 Å². The summed E-state index contributed by atoms with van der Waals surface area (Å²) >= 11 is 1.88. The monoisotopic (exact) mass is 480 g/mol. The van der Waals surface area contributed by atoms with Crippen molar-refractivity contribution < 1.29 is 4.42 Å². The van der Waals surface area contributed by atoms with Crippen molar-refractivity contribution in [3.63, 3.8) is 0 Å². The van der Waals surface area contributed by atoms with Gasteiger partial charge in [0.05, 0.1) is 18.8 Å². The molecule has 0 spiro atoms. The summed E-state index contributed by atoms with van der Waals surface area (Å²) in [6.45, 7) is 6.95. The van der Waals surface area contributed by atoms with Crippen molar-refractivity contribution in [2.24, 2.45) is 4.99 Å². The van der Waals surface area contributed by atoms with Gasteiger partial charge in [-0.2, -0.15) is 11.8 Å². The summed E-state index contributed by atoms with van der Waals surface area (Å²) in [5, 5.41) is 6.78. The molecule has 25 heavy (non-hydrogen) atoms. The molecule has 144 valence electrons. The van der Waals surface area contributed by atoms with Crippen LogP contribution >= 0.6 is 35.7 Å². The minimum Gasteiger partial charge on any atom is -0.468 e. The average molecular weight is 480 g/mol. The molecule has 0 aromatic carbocycles. The van der Waals surface area contributed by atoms with Crippen LogP contribution in [0.3, 0.4) is 0 Å².